The summed E-state index contributed by atoms with van der Waals surface area (Å²) < 4.78 is 34.1. The molecule has 0 aromatic heterocycles. The zero-order valence-electron chi connectivity index (χ0n) is 18.5. The van der Waals surface area contributed by atoms with Gasteiger partial charge in [0.1, 0.15) is 0 Å². The predicted octanol–water partition coefficient (Wildman–Crippen LogP) is 6.41. The molecule has 4 rings (SSSR count). The normalized spacial score (nSPS) is 18.0. The van der Waals surface area contributed by atoms with Gasteiger partial charge in [0.05, 0.1) is 4.90 Å². The van der Waals surface area contributed by atoms with E-state index in [1.807, 2.05) is 3.27 Å². The van der Waals surface area contributed by atoms with Crippen LogP contribution in [0.2, 0.25) is 7.25 Å². The molecule has 2 aromatic rings. The Morgan fingerprint density at radius 2 is 1.19 bits per heavy atom. The summed E-state index contributed by atoms with van der Waals surface area (Å²) in [6, 6.07) is 18.0. The van der Waals surface area contributed by atoms with Crippen molar-refractivity contribution in [3.63, 3.8) is 0 Å². The predicted molar refractivity (Wildman–Crippen MR) is 137 cm³/mol. The van der Waals surface area contributed by atoms with Crippen molar-refractivity contribution < 1.29 is 13.0 Å². The van der Waals surface area contributed by atoms with Gasteiger partial charge in [-0.3, -0.25) is 4.55 Å². The Bertz CT molecular complexity index is 857. The molecule has 0 bridgehead atoms. The van der Waals surface area contributed by atoms with Gasteiger partial charge in [0.15, 0.2) is 0 Å². The van der Waals surface area contributed by atoms with Crippen molar-refractivity contribution in [1.82, 2.24) is 0 Å². The molecule has 0 radical (unpaired) electrons. The Morgan fingerprint density at radius 3 is 1.61 bits per heavy atom. The minimum absolute atomic E-state index is 0. The summed E-state index contributed by atoms with van der Waals surface area (Å²) in [5.41, 5.74) is 0.551. The average Bonchev–Trinajstić information content (AvgIpc) is 2.76. The van der Waals surface area contributed by atoms with Crippen LogP contribution in [-0.4, -0.2) is 34.7 Å². The first-order chi connectivity index (χ1) is 14.5. The first-order valence-corrected chi connectivity index (χ1v) is 18.5. The van der Waals surface area contributed by atoms with Crippen LogP contribution in [0.5, 0.6) is 0 Å². The Morgan fingerprint density at radius 1 is 0.742 bits per heavy atom. The second-order valence-electron chi connectivity index (χ2n) is 8.57. The number of aryl methyl sites for hydroxylation is 1. The number of rotatable bonds is 4. The molecule has 172 valence electrons. The SMILES string of the molecule is Cc1ccccc1S(=O)(=O)O.S.c1cc[c]([Bi]([CH]2CCCCC2)[CH]2CCCCC2)cc1. The van der Waals surface area contributed by atoms with Gasteiger partial charge in [-0.1, -0.05) is 18.2 Å². The standard InChI is InChI=1S/C7H8O3S.2C6H11.C6H5.Bi.H2S/c1-6-4-2-3-5-7(6)11(8,9)10;3*1-2-4-6-5-3-1;;/h2-5H,1H3,(H,8,9,10);2*1H,2-6H2;1-5H;;1H2. The summed E-state index contributed by atoms with van der Waals surface area (Å²) in [6.45, 7) is 1.63. The number of benzene rings is 2. The molecule has 0 amide bonds. The fourth-order valence-corrected chi connectivity index (χ4v) is 20.4. The molecule has 2 aromatic carbocycles. The number of hydrogen-bond donors (Lipinski definition) is 1. The van der Waals surface area contributed by atoms with Crippen molar-refractivity contribution in [3.8, 4) is 0 Å². The van der Waals surface area contributed by atoms with E-state index in [4.69, 9.17) is 4.55 Å². The van der Waals surface area contributed by atoms with Gasteiger partial charge in [0.25, 0.3) is 10.1 Å². The van der Waals surface area contributed by atoms with Gasteiger partial charge in [-0.15, -0.1) is 0 Å². The van der Waals surface area contributed by atoms with Crippen LogP contribution in [0.3, 0.4) is 0 Å². The first-order valence-electron chi connectivity index (χ1n) is 11.3. The zero-order valence-corrected chi connectivity index (χ0v) is 23.8. The van der Waals surface area contributed by atoms with E-state index in [-0.39, 0.29) is 18.4 Å². The molecule has 1 N–H and O–H groups in total. The Hall–Kier alpha value is -0.417. The van der Waals surface area contributed by atoms with Crippen LogP contribution in [-0.2, 0) is 10.1 Å². The monoisotopic (exact) mass is 658 g/mol. The topological polar surface area (TPSA) is 54.4 Å². The van der Waals surface area contributed by atoms with E-state index in [0.29, 0.717) is 5.56 Å². The molecule has 2 aliphatic rings. The van der Waals surface area contributed by atoms with E-state index < -0.39 is 31.9 Å². The van der Waals surface area contributed by atoms with Crippen molar-refractivity contribution in [2.45, 2.75) is 83.3 Å². The van der Waals surface area contributed by atoms with Crippen LogP contribution in [0, 0.1) is 6.92 Å². The van der Waals surface area contributed by atoms with E-state index in [1.165, 1.54) is 51.8 Å². The zero-order chi connectivity index (χ0) is 21.4. The maximum atomic E-state index is 10.6. The molecular formula is C25H37BiO3S2. The van der Waals surface area contributed by atoms with Gasteiger partial charge in [-0.2, -0.15) is 21.9 Å². The van der Waals surface area contributed by atoms with Crippen molar-refractivity contribution in [2.24, 2.45) is 0 Å². The van der Waals surface area contributed by atoms with Crippen molar-refractivity contribution in [3.05, 3.63) is 60.2 Å². The van der Waals surface area contributed by atoms with Gasteiger partial charge in [-0.25, -0.2) is 0 Å². The molecule has 6 heteroatoms. The van der Waals surface area contributed by atoms with Crippen LogP contribution in [0.25, 0.3) is 0 Å². The van der Waals surface area contributed by atoms with E-state index in [1.54, 1.807) is 50.8 Å². The molecule has 0 aliphatic heterocycles. The summed E-state index contributed by atoms with van der Waals surface area (Å²) >= 11 is -1.51. The molecule has 0 spiro atoms. The third-order valence-electron chi connectivity index (χ3n) is 6.36. The van der Waals surface area contributed by atoms with Gasteiger partial charge in [0, 0.05) is 0 Å². The summed E-state index contributed by atoms with van der Waals surface area (Å²) in [7, 11) is -4.03. The fourth-order valence-electron chi connectivity index (χ4n) is 4.88. The van der Waals surface area contributed by atoms with E-state index in [9.17, 15) is 8.42 Å². The quantitative estimate of drug-likeness (QED) is 0.305. The molecule has 3 nitrogen and oxygen atoms in total. The summed E-state index contributed by atoms with van der Waals surface area (Å²) in [5, 5.41) is 0. The number of hydrogen-bond acceptors (Lipinski definition) is 2. The van der Waals surface area contributed by atoms with Gasteiger partial charge >= 0.3 is 127 Å². The molecule has 0 unspecified atom stereocenters. The van der Waals surface area contributed by atoms with Crippen LogP contribution in [0.1, 0.15) is 69.8 Å². The fraction of sp³-hybridized carbons (Fsp3) is 0.520. The van der Waals surface area contributed by atoms with Crippen LogP contribution in [0.15, 0.2) is 59.5 Å². The molecule has 31 heavy (non-hydrogen) atoms. The molecule has 2 fully saturated rings. The summed E-state index contributed by atoms with van der Waals surface area (Å²) in [6.07, 6.45) is 15.4. The van der Waals surface area contributed by atoms with Gasteiger partial charge in [0.2, 0.25) is 0 Å². The average molecular weight is 659 g/mol. The van der Waals surface area contributed by atoms with Crippen LogP contribution >= 0.6 is 13.5 Å². The van der Waals surface area contributed by atoms with E-state index >= 15 is 0 Å². The minimum atomic E-state index is -4.03. The van der Waals surface area contributed by atoms with Crippen molar-refractivity contribution in [2.75, 3.05) is 0 Å². The second-order valence-corrected chi connectivity index (χ2v) is 20.8. The van der Waals surface area contributed by atoms with Gasteiger partial charge < -0.3 is 0 Å². The van der Waals surface area contributed by atoms with Crippen molar-refractivity contribution in [1.29, 1.82) is 0 Å². The Kier molecular flexibility index (Phi) is 11.5. The summed E-state index contributed by atoms with van der Waals surface area (Å²) in [4.78, 5) is -0.0278. The molecule has 0 saturated heterocycles. The Labute approximate surface area is 203 Å². The molecular weight excluding hydrogens is 621 g/mol. The van der Waals surface area contributed by atoms with Crippen LogP contribution < -0.4 is 3.27 Å². The van der Waals surface area contributed by atoms with Gasteiger partial charge in [-0.05, 0) is 18.6 Å². The third-order valence-corrected chi connectivity index (χ3v) is 21.0. The molecule has 0 atom stereocenters. The third kappa shape index (κ3) is 8.14. The van der Waals surface area contributed by atoms with E-state index in [0.717, 1.165) is 0 Å². The molecule has 0 heterocycles. The Balaban J connectivity index is 0.000000245. The second kappa shape index (κ2) is 13.3. The summed E-state index contributed by atoms with van der Waals surface area (Å²) in [5.74, 6) is 0. The maximum absolute atomic E-state index is 10.6. The molecule has 2 saturated carbocycles. The molecule has 2 aliphatic carbocycles. The van der Waals surface area contributed by atoms with Crippen molar-refractivity contribution >= 4 is 48.6 Å². The van der Waals surface area contributed by atoms with E-state index in [2.05, 4.69) is 30.3 Å². The first kappa shape index (κ1) is 26.8. The van der Waals surface area contributed by atoms with Crippen LogP contribution in [0.4, 0.5) is 0 Å².